The Morgan fingerprint density at radius 2 is 1.77 bits per heavy atom. The molecule has 4 rings (SSSR count). The number of piperazine rings is 1. The molecule has 0 atom stereocenters. The highest BCUT2D eigenvalue weighted by Gasteiger charge is 2.23. The number of benzene rings is 2. The molecule has 9 heteroatoms. The topological polar surface area (TPSA) is 65.1 Å². The summed E-state index contributed by atoms with van der Waals surface area (Å²) in [6, 6.07) is 12.8. The average Bonchev–Trinajstić information content (AvgIpc) is 3.25. The van der Waals surface area contributed by atoms with E-state index < -0.39 is 0 Å². The van der Waals surface area contributed by atoms with Crippen LogP contribution in [0.1, 0.15) is 11.4 Å². The van der Waals surface area contributed by atoms with Crippen LogP contribution in [0.3, 0.4) is 0 Å². The monoisotopic (exact) mass is 441 g/mol. The minimum absolute atomic E-state index is 0.00591. The third-order valence-electron chi connectivity index (χ3n) is 4.94. The number of nitrogens with one attached hydrogen (secondary N) is 1. The van der Waals surface area contributed by atoms with Crippen molar-refractivity contribution < 1.29 is 13.6 Å². The SMILES string of the molecule is O=C(CSc1n[nH]c(/C=C/c2ccc(F)cc2)n1)N1CCN(c2ccccc2F)CC1. The Morgan fingerprint density at radius 3 is 2.52 bits per heavy atom. The Hall–Kier alpha value is -3.20. The third kappa shape index (κ3) is 5.49. The van der Waals surface area contributed by atoms with Crippen LogP contribution in [0.5, 0.6) is 0 Å². The van der Waals surface area contributed by atoms with Crippen LogP contribution in [-0.2, 0) is 4.79 Å². The number of halogens is 2. The van der Waals surface area contributed by atoms with Gasteiger partial charge in [0.1, 0.15) is 17.5 Å². The zero-order valence-corrected chi connectivity index (χ0v) is 17.5. The molecule has 1 fully saturated rings. The molecule has 1 aromatic heterocycles. The quantitative estimate of drug-likeness (QED) is 0.591. The van der Waals surface area contributed by atoms with Crippen molar-refractivity contribution in [2.24, 2.45) is 0 Å². The fourth-order valence-electron chi connectivity index (χ4n) is 3.27. The van der Waals surface area contributed by atoms with Crippen LogP contribution < -0.4 is 4.90 Å². The zero-order chi connectivity index (χ0) is 21.6. The van der Waals surface area contributed by atoms with E-state index in [4.69, 9.17) is 0 Å². The van der Waals surface area contributed by atoms with Crippen LogP contribution in [0.2, 0.25) is 0 Å². The molecule has 1 aliphatic heterocycles. The number of aromatic amines is 1. The summed E-state index contributed by atoms with van der Waals surface area (Å²) in [5.74, 6) is 0.267. The molecular weight excluding hydrogens is 420 g/mol. The van der Waals surface area contributed by atoms with Gasteiger partial charge in [0.25, 0.3) is 0 Å². The molecule has 160 valence electrons. The molecular formula is C22H21F2N5OS. The summed E-state index contributed by atoms with van der Waals surface area (Å²) >= 11 is 1.26. The molecule has 1 aliphatic rings. The molecule has 0 aliphatic carbocycles. The van der Waals surface area contributed by atoms with Gasteiger partial charge in [0.05, 0.1) is 11.4 Å². The van der Waals surface area contributed by atoms with Crippen LogP contribution in [0.15, 0.2) is 53.7 Å². The molecule has 3 aromatic rings. The van der Waals surface area contributed by atoms with Crippen molar-refractivity contribution in [1.82, 2.24) is 20.1 Å². The highest BCUT2D eigenvalue weighted by molar-refractivity contribution is 7.99. The second-order valence-electron chi connectivity index (χ2n) is 7.00. The number of hydrogen-bond acceptors (Lipinski definition) is 5. The second kappa shape index (κ2) is 9.74. The number of carbonyl (C=O) groups excluding carboxylic acids is 1. The highest BCUT2D eigenvalue weighted by Crippen LogP contribution is 2.21. The molecule has 0 saturated carbocycles. The maximum absolute atomic E-state index is 13.9. The van der Waals surface area contributed by atoms with Gasteiger partial charge in [-0.2, -0.15) is 0 Å². The van der Waals surface area contributed by atoms with Gasteiger partial charge in [0.2, 0.25) is 11.1 Å². The number of nitrogens with zero attached hydrogens (tertiary/aromatic N) is 4. The Bertz CT molecular complexity index is 1060. The molecule has 6 nitrogen and oxygen atoms in total. The molecule has 31 heavy (non-hydrogen) atoms. The van der Waals surface area contributed by atoms with E-state index in [0.717, 1.165) is 5.56 Å². The van der Waals surface area contributed by atoms with Crippen LogP contribution in [0.4, 0.5) is 14.5 Å². The minimum atomic E-state index is -0.284. The lowest BCUT2D eigenvalue weighted by Gasteiger charge is -2.36. The van der Waals surface area contributed by atoms with Gasteiger partial charge in [0, 0.05) is 26.2 Å². The number of H-pyrrole nitrogens is 1. The molecule has 2 aromatic carbocycles. The van der Waals surface area contributed by atoms with Crippen molar-refractivity contribution in [3.63, 3.8) is 0 Å². The smallest absolute Gasteiger partial charge is 0.233 e. The molecule has 1 N–H and O–H groups in total. The van der Waals surface area contributed by atoms with Crippen molar-refractivity contribution in [3.8, 4) is 0 Å². The van der Waals surface area contributed by atoms with Crippen molar-refractivity contribution in [3.05, 3.63) is 71.6 Å². The summed E-state index contributed by atoms with van der Waals surface area (Å²) in [7, 11) is 0. The van der Waals surface area contributed by atoms with Crippen molar-refractivity contribution >= 4 is 35.5 Å². The van der Waals surface area contributed by atoms with E-state index in [9.17, 15) is 13.6 Å². The lowest BCUT2D eigenvalue weighted by Crippen LogP contribution is -2.49. The normalized spacial score (nSPS) is 14.4. The fraction of sp³-hybridized carbons (Fsp3) is 0.227. The number of aromatic nitrogens is 3. The number of thioether (sulfide) groups is 1. The molecule has 2 heterocycles. The molecule has 0 bridgehead atoms. The molecule has 0 spiro atoms. The van der Waals surface area contributed by atoms with E-state index in [-0.39, 0.29) is 23.3 Å². The maximum Gasteiger partial charge on any atom is 0.233 e. The number of hydrogen-bond donors (Lipinski definition) is 1. The van der Waals surface area contributed by atoms with Gasteiger partial charge in [-0.05, 0) is 35.9 Å². The van der Waals surface area contributed by atoms with Gasteiger partial charge in [-0.25, -0.2) is 13.8 Å². The summed E-state index contributed by atoms with van der Waals surface area (Å²) < 4.78 is 26.9. The van der Waals surface area contributed by atoms with Gasteiger partial charge in [0.15, 0.2) is 0 Å². The number of para-hydroxylation sites is 1. The van der Waals surface area contributed by atoms with Gasteiger partial charge in [-0.3, -0.25) is 9.89 Å². The number of amides is 1. The van der Waals surface area contributed by atoms with Gasteiger partial charge >= 0.3 is 0 Å². The number of rotatable bonds is 6. The largest absolute Gasteiger partial charge is 0.366 e. The fourth-order valence-corrected chi connectivity index (χ4v) is 3.98. The van der Waals surface area contributed by atoms with E-state index in [1.54, 1.807) is 41.3 Å². The first-order valence-corrected chi connectivity index (χ1v) is 10.8. The van der Waals surface area contributed by atoms with Gasteiger partial charge < -0.3 is 9.80 Å². The second-order valence-corrected chi connectivity index (χ2v) is 7.94. The summed E-state index contributed by atoms with van der Waals surface area (Å²) in [5, 5.41) is 7.41. The van der Waals surface area contributed by atoms with Crippen LogP contribution in [0, 0.1) is 11.6 Å². The third-order valence-corrected chi connectivity index (χ3v) is 5.77. The predicted molar refractivity (Wildman–Crippen MR) is 118 cm³/mol. The van der Waals surface area contributed by atoms with Crippen molar-refractivity contribution in [2.75, 3.05) is 36.8 Å². The Kier molecular flexibility index (Phi) is 6.61. The maximum atomic E-state index is 13.9. The van der Waals surface area contributed by atoms with Crippen molar-refractivity contribution in [2.45, 2.75) is 5.16 Å². The van der Waals surface area contributed by atoms with Gasteiger partial charge in [-0.1, -0.05) is 42.1 Å². The van der Waals surface area contributed by atoms with E-state index in [1.807, 2.05) is 11.0 Å². The molecule has 0 radical (unpaired) electrons. The predicted octanol–water partition coefficient (Wildman–Crippen LogP) is 3.69. The first kappa shape index (κ1) is 21.0. The standard InChI is InChI=1S/C22H21F2N5OS/c23-17-8-5-16(6-9-17)7-10-20-25-22(27-26-20)31-15-21(30)29-13-11-28(12-14-29)19-4-2-1-3-18(19)24/h1-10H,11-15H2,(H,25,26,27)/b10-7+. The Balaban J connectivity index is 1.25. The van der Waals surface area contributed by atoms with Crippen LogP contribution in [-0.4, -0.2) is 57.9 Å². The van der Waals surface area contributed by atoms with E-state index in [1.165, 1.54) is 30.0 Å². The van der Waals surface area contributed by atoms with E-state index >= 15 is 0 Å². The number of carbonyl (C=O) groups is 1. The first-order valence-electron chi connectivity index (χ1n) is 9.84. The van der Waals surface area contributed by atoms with Crippen molar-refractivity contribution in [1.29, 1.82) is 0 Å². The summed E-state index contributed by atoms with van der Waals surface area (Å²) in [4.78, 5) is 20.6. The van der Waals surface area contributed by atoms with E-state index in [0.29, 0.717) is 42.8 Å². The lowest BCUT2D eigenvalue weighted by molar-refractivity contribution is -0.128. The Labute approximate surface area is 183 Å². The Morgan fingerprint density at radius 1 is 1.03 bits per heavy atom. The number of anilines is 1. The zero-order valence-electron chi connectivity index (χ0n) is 16.7. The summed E-state index contributed by atoms with van der Waals surface area (Å²) in [6.45, 7) is 2.29. The summed E-state index contributed by atoms with van der Waals surface area (Å²) in [5.41, 5.74) is 1.42. The van der Waals surface area contributed by atoms with Crippen LogP contribution >= 0.6 is 11.8 Å². The molecule has 0 unspecified atom stereocenters. The highest BCUT2D eigenvalue weighted by atomic mass is 32.2. The first-order chi connectivity index (χ1) is 15.1. The molecule has 1 amide bonds. The van der Waals surface area contributed by atoms with Crippen LogP contribution in [0.25, 0.3) is 12.2 Å². The summed E-state index contributed by atoms with van der Waals surface area (Å²) in [6.07, 6.45) is 3.54. The molecule has 1 saturated heterocycles. The average molecular weight is 442 g/mol. The minimum Gasteiger partial charge on any atom is -0.366 e. The van der Waals surface area contributed by atoms with Gasteiger partial charge in [-0.15, -0.1) is 5.10 Å². The lowest BCUT2D eigenvalue weighted by atomic mass is 10.2. The van der Waals surface area contributed by atoms with E-state index in [2.05, 4.69) is 15.2 Å².